The van der Waals surface area contributed by atoms with Crippen LogP contribution in [0.5, 0.6) is 0 Å². The maximum atomic E-state index is 11.9. The van der Waals surface area contributed by atoms with Gasteiger partial charge in [-0.1, -0.05) is 23.9 Å². The van der Waals surface area contributed by atoms with E-state index in [1.807, 2.05) is 24.3 Å². The molecule has 3 rings (SSSR count). The second-order valence-corrected chi connectivity index (χ2v) is 6.93. The summed E-state index contributed by atoms with van der Waals surface area (Å²) in [5.41, 5.74) is 1.86. The van der Waals surface area contributed by atoms with Crippen molar-refractivity contribution >= 4 is 51.6 Å². The highest BCUT2D eigenvalue weighted by Gasteiger charge is 2.15. The molecule has 0 saturated carbocycles. The Bertz CT molecular complexity index is 1030. The number of para-hydroxylation sites is 1. The first kappa shape index (κ1) is 19.6. The number of esters is 1. The number of fused-ring (bicyclic) bond motifs is 3. The first-order chi connectivity index (χ1) is 13.5. The third-order valence-corrected chi connectivity index (χ3v) is 4.70. The third-order valence-electron chi connectivity index (χ3n) is 3.75. The van der Waals surface area contributed by atoms with Crippen LogP contribution in [0.3, 0.4) is 0 Å². The van der Waals surface area contributed by atoms with E-state index in [9.17, 15) is 14.4 Å². The largest absolute Gasteiger partial charge is 0.455 e. The van der Waals surface area contributed by atoms with Gasteiger partial charge in [0, 0.05) is 19.5 Å². The summed E-state index contributed by atoms with van der Waals surface area (Å²) in [6, 6.07) is 7.48. The highest BCUT2D eigenvalue weighted by Crippen LogP contribution is 2.32. The first-order valence-corrected chi connectivity index (χ1v) is 9.32. The van der Waals surface area contributed by atoms with Crippen LogP contribution in [-0.2, 0) is 19.1 Å². The fourth-order valence-corrected chi connectivity index (χ4v) is 3.03. The number of carbonyl (C=O) groups excluding carboxylic acids is 3. The van der Waals surface area contributed by atoms with Gasteiger partial charge in [-0.3, -0.25) is 14.4 Å². The number of ether oxygens (including phenoxy) is 1. The number of likely N-dealkylation sites (N-methyl/N-ethyl adjacent to an activating group) is 1. The molecule has 146 valence electrons. The maximum absolute atomic E-state index is 11.9. The van der Waals surface area contributed by atoms with Gasteiger partial charge in [0.1, 0.15) is 22.5 Å². The molecule has 0 radical (unpaired) electrons. The average molecular weight is 402 g/mol. The maximum Gasteiger partial charge on any atom is 0.316 e. The van der Waals surface area contributed by atoms with Gasteiger partial charge in [0.05, 0.1) is 12.3 Å². The van der Waals surface area contributed by atoms with Crippen molar-refractivity contribution in [1.82, 2.24) is 20.2 Å². The van der Waals surface area contributed by atoms with Crippen LogP contribution in [0.25, 0.3) is 22.1 Å². The van der Waals surface area contributed by atoms with Crippen molar-refractivity contribution in [2.24, 2.45) is 0 Å². The fourth-order valence-electron chi connectivity index (χ4n) is 2.30. The van der Waals surface area contributed by atoms with E-state index in [-0.39, 0.29) is 18.2 Å². The minimum Gasteiger partial charge on any atom is -0.455 e. The van der Waals surface area contributed by atoms with Crippen molar-refractivity contribution in [3.05, 3.63) is 30.6 Å². The van der Waals surface area contributed by atoms with E-state index >= 15 is 0 Å². The number of rotatable bonds is 7. The lowest BCUT2D eigenvalue weighted by atomic mass is 10.2. The van der Waals surface area contributed by atoms with Crippen LogP contribution >= 0.6 is 11.8 Å². The van der Waals surface area contributed by atoms with Crippen molar-refractivity contribution < 1.29 is 23.5 Å². The number of nitrogens with zero attached hydrogens (tertiary/aromatic N) is 3. The van der Waals surface area contributed by atoms with Crippen LogP contribution in [-0.4, -0.2) is 65.7 Å². The van der Waals surface area contributed by atoms with Gasteiger partial charge in [-0.15, -0.1) is 0 Å². The fraction of sp³-hybridized carbons (Fsp3) is 0.278. The number of aromatic nitrogens is 2. The highest BCUT2D eigenvalue weighted by molar-refractivity contribution is 8.00. The Labute approximate surface area is 164 Å². The van der Waals surface area contributed by atoms with Gasteiger partial charge in [0.15, 0.2) is 12.2 Å². The van der Waals surface area contributed by atoms with Gasteiger partial charge in [-0.05, 0) is 12.1 Å². The molecule has 9 nitrogen and oxygen atoms in total. The Morgan fingerprint density at radius 1 is 1.21 bits per heavy atom. The normalized spacial score (nSPS) is 10.8. The molecule has 2 amide bonds. The molecule has 28 heavy (non-hydrogen) atoms. The van der Waals surface area contributed by atoms with Crippen LogP contribution in [0.4, 0.5) is 0 Å². The first-order valence-electron chi connectivity index (χ1n) is 8.33. The van der Waals surface area contributed by atoms with Crippen molar-refractivity contribution in [2.45, 2.75) is 5.03 Å². The molecule has 3 aromatic rings. The zero-order valence-corrected chi connectivity index (χ0v) is 16.1. The van der Waals surface area contributed by atoms with Crippen LogP contribution in [0, 0.1) is 0 Å². The molecule has 10 heteroatoms. The zero-order chi connectivity index (χ0) is 20.1. The van der Waals surface area contributed by atoms with Gasteiger partial charge in [0.2, 0.25) is 5.91 Å². The number of benzene rings is 1. The van der Waals surface area contributed by atoms with Crippen molar-refractivity contribution in [1.29, 1.82) is 0 Å². The quantitative estimate of drug-likeness (QED) is 0.356. The lowest BCUT2D eigenvalue weighted by Gasteiger charge is -2.11. The molecule has 0 spiro atoms. The molecular weight excluding hydrogens is 384 g/mol. The molecule has 0 fully saturated rings. The van der Waals surface area contributed by atoms with E-state index in [4.69, 9.17) is 9.15 Å². The molecular formula is C18H18N4O5S. The Kier molecular flexibility index (Phi) is 6.09. The molecule has 0 aliphatic rings. The number of furan rings is 1. The molecule has 0 unspecified atom stereocenters. The zero-order valence-electron chi connectivity index (χ0n) is 15.3. The SMILES string of the molecule is CN(C)C(=O)CNC(=O)COC(=O)CSc1ncnc2c1oc1ccccc12. The van der Waals surface area contributed by atoms with E-state index in [0.717, 1.165) is 17.1 Å². The Hall–Kier alpha value is -3.14. The number of hydrogen-bond donors (Lipinski definition) is 1. The molecule has 0 aliphatic heterocycles. The number of nitrogens with one attached hydrogen (secondary N) is 1. The van der Waals surface area contributed by atoms with Crippen molar-refractivity contribution in [3.63, 3.8) is 0 Å². The molecule has 1 aromatic carbocycles. The van der Waals surface area contributed by atoms with Gasteiger partial charge in [0.25, 0.3) is 5.91 Å². The van der Waals surface area contributed by atoms with Crippen LogP contribution in [0.15, 0.2) is 40.0 Å². The molecule has 0 saturated heterocycles. The summed E-state index contributed by atoms with van der Waals surface area (Å²) in [7, 11) is 3.16. The van der Waals surface area contributed by atoms with Crippen molar-refractivity contribution in [2.75, 3.05) is 33.0 Å². The summed E-state index contributed by atoms with van der Waals surface area (Å²) in [6.45, 7) is -0.604. The van der Waals surface area contributed by atoms with Crippen LogP contribution in [0.1, 0.15) is 0 Å². The summed E-state index contributed by atoms with van der Waals surface area (Å²) in [5.74, 6) is -1.43. The smallest absolute Gasteiger partial charge is 0.316 e. The van der Waals surface area contributed by atoms with Crippen LogP contribution < -0.4 is 5.32 Å². The highest BCUT2D eigenvalue weighted by atomic mass is 32.2. The van der Waals surface area contributed by atoms with E-state index in [2.05, 4.69) is 15.3 Å². The van der Waals surface area contributed by atoms with Gasteiger partial charge >= 0.3 is 5.97 Å². The molecule has 0 bridgehead atoms. The van der Waals surface area contributed by atoms with E-state index in [0.29, 0.717) is 21.7 Å². The molecule has 0 aliphatic carbocycles. The standard InChI is InChI=1S/C18H18N4O5S/c1-22(2)14(24)7-19-13(23)8-26-15(25)9-28-18-17-16(20-10-21-18)11-5-3-4-6-12(11)27-17/h3-6,10H,7-9H2,1-2H3,(H,19,23). The van der Waals surface area contributed by atoms with Crippen molar-refractivity contribution in [3.8, 4) is 0 Å². The second-order valence-electron chi connectivity index (χ2n) is 5.97. The average Bonchev–Trinajstić information content (AvgIpc) is 3.08. The molecule has 2 aromatic heterocycles. The number of thioether (sulfide) groups is 1. The minimum absolute atomic E-state index is 0.0485. The number of amides is 2. The lowest BCUT2D eigenvalue weighted by molar-refractivity contribution is -0.146. The molecule has 0 atom stereocenters. The Morgan fingerprint density at radius 3 is 2.79 bits per heavy atom. The van der Waals surface area contributed by atoms with E-state index in [1.165, 1.54) is 11.2 Å². The molecule has 1 N–H and O–H groups in total. The van der Waals surface area contributed by atoms with E-state index in [1.54, 1.807) is 14.1 Å². The Morgan fingerprint density at radius 2 is 2.00 bits per heavy atom. The third kappa shape index (κ3) is 4.58. The van der Waals surface area contributed by atoms with Gasteiger partial charge in [-0.25, -0.2) is 9.97 Å². The van der Waals surface area contributed by atoms with Gasteiger partial charge in [-0.2, -0.15) is 0 Å². The predicted molar refractivity (Wildman–Crippen MR) is 103 cm³/mol. The molecule has 2 heterocycles. The predicted octanol–water partition coefficient (Wildman–Crippen LogP) is 1.22. The monoisotopic (exact) mass is 402 g/mol. The summed E-state index contributed by atoms with van der Waals surface area (Å²) < 4.78 is 10.7. The summed E-state index contributed by atoms with van der Waals surface area (Å²) in [4.78, 5) is 44.7. The summed E-state index contributed by atoms with van der Waals surface area (Å²) in [6.07, 6.45) is 1.41. The minimum atomic E-state index is -0.582. The summed E-state index contributed by atoms with van der Waals surface area (Å²) >= 11 is 1.14. The van der Waals surface area contributed by atoms with Gasteiger partial charge < -0.3 is 19.4 Å². The number of carbonyl (C=O) groups is 3. The second kappa shape index (κ2) is 8.70. The Balaban J connectivity index is 1.54. The number of hydrogen-bond acceptors (Lipinski definition) is 8. The topological polar surface area (TPSA) is 115 Å². The summed E-state index contributed by atoms with van der Waals surface area (Å²) in [5, 5.41) is 3.76. The lowest BCUT2D eigenvalue weighted by Crippen LogP contribution is -2.38. The van der Waals surface area contributed by atoms with E-state index < -0.39 is 18.5 Å². The van der Waals surface area contributed by atoms with Crippen LogP contribution in [0.2, 0.25) is 0 Å².